The Morgan fingerprint density at radius 1 is 1.06 bits per heavy atom. The van der Waals surface area contributed by atoms with E-state index in [0.29, 0.717) is 11.3 Å². The van der Waals surface area contributed by atoms with Crippen molar-refractivity contribution in [2.45, 2.75) is 6.18 Å². The standard InChI is InChI=1S/C12H7F3N.Ir/c13-12(14,15)10-6-7-11(16-8-10)9-4-2-1-3-5-9;/h1-4,6-8H;/q-1;. The molecule has 0 aliphatic rings. The molecule has 0 saturated heterocycles. The molecule has 0 saturated carbocycles. The Morgan fingerprint density at radius 2 is 1.82 bits per heavy atom. The summed E-state index contributed by atoms with van der Waals surface area (Å²) in [5.41, 5.74) is 0.414. The van der Waals surface area contributed by atoms with Crippen molar-refractivity contribution in [3.8, 4) is 11.3 Å². The van der Waals surface area contributed by atoms with Gasteiger partial charge in [-0.05, 0) is 5.69 Å². The Labute approximate surface area is 110 Å². The summed E-state index contributed by atoms with van der Waals surface area (Å²) in [6.07, 6.45) is -3.51. The van der Waals surface area contributed by atoms with E-state index in [9.17, 15) is 13.2 Å². The molecule has 5 heteroatoms. The first-order chi connectivity index (χ1) is 7.57. The van der Waals surface area contributed by atoms with Gasteiger partial charge in [-0.1, -0.05) is 12.1 Å². The molecule has 1 aromatic heterocycles. The second-order valence-electron chi connectivity index (χ2n) is 3.21. The number of benzene rings is 1. The minimum Gasteiger partial charge on any atom is -0.304 e. The number of alkyl halides is 3. The van der Waals surface area contributed by atoms with Gasteiger partial charge in [0.05, 0.1) is 5.56 Å². The molecule has 0 spiro atoms. The van der Waals surface area contributed by atoms with Crippen LogP contribution in [0.15, 0.2) is 42.6 Å². The topological polar surface area (TPSA) is 12.9 Å². The van der Waals surface area contributed by atoms with Crippen molar-refractivity contribution in [3.05, 3.63) is 54.2 Å². The summed E-state index contributed by atoms with van der Waals surface area (Å²) in [5.74, 6) is 0. The van der Waals surface area contributed by atoms with Crippen molar-refractivity contribution in [2.24, 2.45) is 0 Å². The monoisotopic (exact) mass is 415 g/mol. The molecule has 17 heavy (non-hydrogen) atoms. The Kier molecular flexibility index (Phi) is 4.43. The van der Waals surface area contributed by atoms with Crippen molar-refractivity contribution < 1.29 is 33.3 Å². The average Bonchev–Trinajstić information content (AvgIpc) is 2.29. The molecular weight excluding hydrogens is 407 g/mol. The number of hydrogen-bond donors (Lipinski definition) is 0. The van der Waals surface area contributed by atoms with E-state index in [-0.39, 0.29) is 20.1 Å². The van der Waals surface area contributed by atoms with Crippen molar-refractivity contribution in [1.82, 2.24) is 4.98 Å². The second-order valence-corrected chi connectivity index (χ2v) is 3.21. The summed E-state index contributed by atoms with van der Waals surface area (Å²) in [5, 5.41) is 0. The minimum atomic E-state index is -4.34. The van der Waals surface area contributed by atoms with Crippen LogP contribution in [-0.4, -0.2) is 4.98 Å². The zero-order chi connectivity index (χ0) is 11.6. The molecule has 91 valence electrons. The van der Waals surface area contributed by atoms with E-state index < -0.39 is 11.7 Å². The molecule has 1 nitrogen and oxygen atoms in total. The fourth-order valence-corrected chi connectivity index (χ4v) is 1.27. The molecule has 0 amide bonds. The van der Waals surface area contributed by atoms with Crippen LogP contribution in [0, 0.1) is 6.07 Å². The van der Waals surface area contributed by atoms with Gasteiger partial charge in [-0.2, -0.15) is 13.2 Å². The van der Waals surface area contributed by atoms with Crippen LogP contribution in [0.2, 0.25) is 0 Å². The minimum absolute atomic E-state index is 0. The fraction of sp³-hybridized carbons (Fsp3) is 0.0833. The van der Waals surface area contributed by atoms with Gasteiger partial charge >= 0.3 is 6.18 Å². The Morgan fingerprint density at radius 3 is 2.29 bits per heavy atom. The van der Waals surface area contributed by atoms with Gasteiger partial charge in [0.1, 0.15) is 0 Å². The number of rotatable bonds is 1. The predicted molar refractivity (Wildman–Crippen MR) is 53.5 cm³/mol. The molecule has 0 atom stereocenters. The molecule has 0 bridgehead atoms. The molecule has 0 aliphatic heterocycles. The molecule has 0 aliphatic carbocycles. The van der Waals surface area contributed by atoms with Crippen LogP contribution < -0.4 is 0 Å². The van der Waals surface area contributed by atoms with Gasteiger partial charge < -0.3 is 4.98 Å². The van der Waals surface area contributed by atoms with Crippen LogP contribution in [0.3, 0.4) is 0 Å². The molecule has 2 aromatic rings. The van der Waals surface area contributed by atoms with Crippen LogP contribution in [0.5, 0.6) is 0 Å². The van der Waals surface area contributed by atoms with Gasteiger partial charge in [0.25, 0.3) is 0 Å². The molecule has 1 heterocycles. The van der Waals surface area contributed by atoms with Crippen molar-refractivity contribution in [2.75, 3.05) is 0 Å². The first-order valence-corrected chi connectivity index (χ1v) is 4.58. The normalized spacial score (nSPS) is 10.8. The quantitative estimate of drug-likeness (QED) is 0.651. The summed E-state index contributed by atoms with van der Waals surface area (Å²) in [4.78, 5) is 3.76. The van der Waals surface area contributed by atoms with Gasteiger partial charge in [0.2, 0.25) is 0 Å². The molecule has 1 aromatic carbocycles. The molecule has 2 rings (SSSR count). The van der Waals surface area contributed by atoms with Crippen LogP contribution in [0.1, 0.15) is 5.56 Å². The summed E-state index contributed by atoms with van der Waals surface area (Å²) in [7, 11) is 0. The third kappa shape index (κ3) is 3.38. The van der Waals surface area contributed by atoms with Crippen LogP contribution in [-0.2, 0) is 26.3 Å². The van der Waals surface area contributed by atoms with E-state index in [1.165, 1.54) is 6.07 Å². The van der Waals surface area contributed by atoms with E-state index in [1.807, 2.05) is 0 Å². The SMILES string of the molecule is FC(F)(F)c1ccc(-c2[c-]cccc2)nc1.[Ir]. The predicted octanol–water partition coefficient (Wildman–Crippen LogP) is 3.57. The molecule has 1 radical (unpaired) electrons. The van der Waals surface area contributed by atoms with E-state index in [2.05, 4.69) is 11.1 Å². The number of nitrogens with zero attached hydrogens (tertiary/aromatic N) is 1. The second kappa shape index (κ2) is 5.43. The van der Waals surface area contributed by atoms with Gasteiger partial charge in [-0.15, -0.1) is 35.9 Å². The van der Waals surface area contributed by atoms with Gasteiger partial charge in [0.15, 0.2) is 0 Å². The third-order valence-electron chi connectivity index (χ3n) is 2.08. The van der Waals surface area contributed by atoms with Gasteiger partial charge in [0, 0.05) is 26.3 Å². The van der Waals surface area contributed by atoms with Gasteiger partial charge in [-0.3, -0.25) is 0 Å². The first kappa shape index (κ1) is 13.9. The Balaban J connectivity index is 0.00000144. The van der Waals surface area contributed by atoms with Crippen LogP contribution >= 0.6 is 0 Å². The van der Waals surface area contributed by atoms with Crippen LogP contribution in [0.4, 0.5) is 13.2 Å². The summed E-state index contributed by atoms with van der Waals surface area (Å²) in [6, 6.07) is 12.3. The summed E-state index contributed by atoms with van der Waals surface area (Å²) in [6.45, 7) is 0. The fourth-order valence-electron chi connectivity index (χ4n) is 1.27. The maximum atomic E-state index is 12.3. The van der Waals surface area contributed by atoms with E-state index >= 15 is 0 Å². The molecule has 0 N–H and O–H groups in total. The van der Waals surface area contributed by atoms with Crippen molar-refractivity contribution in [3.63, 3.8) is 0 Å². The molecule has 0 unspecified atom stereocenters. The zero-order valence-corrected chi connectivity index (χ0v) is 10.9. The zero-order valence-electron chi connectivity index (χ0n) is 8.46. The van der Waals surface area contributed by atoms with E-state index in [1.54, 1.807) is 24.3 Å². The Bertz CT molecular complexity index is 465. The maximum absolute atomic E-state index is 12.3. The van der Waals surface area contributed by atoms with Crippen molar-refractivity contribution >= 4 is 0 Å². The number of halogens is 3. The van der Waals surface area contributed by atoms with Crippen LogP contribution in [0.25, 0.3) is 11.3 Å². The third-order valence-corrected chi connectivity index (χ3v) is 2.08. The summed E-state index contributed by atoms with van der Waals surface area (Å²) < 4.78 is 36.8. The molecule has 0 fully saturated rings. The Hall–Kier alpha value is -1.19. The summed E-state index contributed by atoms with van der Waals surface area (Å²) >= 11 is 0. The smallest absolute Gasteiger partial charge is 0.304 e. The average molecular weight is 414 g/mol. The maximum Gasteiger partial charge on any atom is 0.417 e. The molecular formula is C12H7F3IrN-. The van der Waals surface area contributed by atoms with E-state index in [0.717, 1.165) is 12.3 Å². The van der Waals surface area contributed by atoms with Crippen molar-refractivity contribution in [1.29, 1.82) is 0 Å². The largest absolute Gasteiger partial charge is 0.417 e. The van der Waals surface area contributed by atoms with Gasteiger partial charge in [-0.25, -0.2) is 0 Å². The van der Waals surface area contributed by atoms with E-state index in [4.69, 9.17) is 0 Å². The number of hydrogen-bond acceptors (Lipinski definition) is 1. The number of pyridine rings is 1. The first-order valence-electron chi connectivity index (χ1n) is 4.58. The number of aromatic nitrogens is 1.